The number of ether oxygens (including phenoxy) is 1. The second-order valence-corrected chi connectivity index (χ2v) is 5.01. The van der Waals surface area contributed by atoms with Crippen LogP contribution in [0.25, 0.3) is 0 Å². The van der Waals surface area contributed by atoms with Gasteiger partial charge in [-0.2, -0.15) is 0 Å². The maximum Gasteiger partial charge on any atom is 0.125 e. The third-order valence-corrected chi connectivity index (χ3v) is 2.50. The van der Waals surface area contributed by atoms with Crippen molar-refractivity contribution in [1.82, 2.24) is 0 Å². The van der Waals surface area contributed by atoms with Crippen molar-refractivity contribution >= 4 is 6.29 Å². The molecule has 0 fully saturated rings. The summed E-state index contributed by atoms with van der Waals surface area (Å²) in [5, 5.41) is 0. The second kappa shape index (κ2) is 5.15. The smallest absolute Gasteiger partial charge is 0.125 e. The number of hydrogen-bond acceptors (Lipinski definition) is 2. The summed E-state index contributed by atoms with van der Waals surface area (Å²) < 4.78 is 5.70. The van der Waals surface area contributed by atoms with Gasteiger partial charge in [0, 0.05) is 6.42 Å². The van der Waals surface area contributed by atoms with Gasteiger partial charge in [0.25, 0.3) is 0 Å². The summed E-state index contributed by atoms with van der Waals surface area (Å²) in [5.74, 6) is 0.928. The zero-order valence-electron chi connectivity index (χ0n) is 10.5. The van der Waals surface area contributed by atoms with Crippen molar-refractivity contribution in [3.8, 4) is 5.75 Å². The van der Waals surface area contributed by atoms with Crippen LogP contribution in [-0.2, 0) is 10.2 Å². The standard InChI is InChI=1S/C14H20O2/c1-11-7-5-8-12(14(2,3)4)13(11)16-10-6-9-15/h5,7-9H,6,10H2,1-4H3. The van der Waals surface area contributed by atoms with Gasteiger partial charge in [-0.05, 0) is 23.5 Å². The summed E-state index contributed by atoms with van der Waals surface area (Å²) >= 11 is 0. The Labute approximate surface area is 97.6 Å². The Balaban J connectivity index is 2.99. The van der Waals surface area contributed by atoms with Gasteiger partial charge in [0.05, 0.1) is 6.61 Å². The van der Waals surface area contributed by atoms with Crippen LogP contribution in [0.5, 0.6) is 5.75 Å². The number of hydrogen-bond donors (Lipinski definition) is 0. The minimum Gasteiger partial charge on any atom is -0.493 e. The van der Waals surface area contributed by atoms with Crippen molar-refractivity contribution in [3.63, 3.8) is 0 Å². The lowest BCUT2D eigenvalue weighted by molar-refractivity contribution is -0.108. The van der Waals surface area contributed by atoms with E-state index in [1.54, 1.807) is 0 Å². The highest BCUT2D eigenvalue weighted by Crippen LogP contribution is 2.33. The maximum absolute atomic E-state index is 10.3. The fraction of sp³-hybridized carbons (Fsp3) is 0.500. The molecule has 0 spiro atoms. The van der Waals surface area contributed by atoms with Crippen LogP contribution in [0, 0.1) is 6.92 Å². The first-order chi connectivity index (χ1) is 7.46. The molecule has 0 heterocycles. The third-order valence-electron chi connectivity index (χ3n) is 2.50. The number of aryl methyl sites for hydroxylation is 1. The number of para-hydroxylation sites is 1. The minimum absolute atomic E-state index is 0.0581. The predicted molar refractivity (Wildman–Crippen MR) is 66.1 cm³/mol. The number of benzene rings is 1. The minimum atomic E-state index is 0.0581. The molecule has 0 N–H and O–H groups in total. The quantitative estimate of drug-likeness (QED) is 0.575. The number of carbonyl (C=O) groups is 1. The van der Waals surface area contributed by atoms with Crippen LogP contribution in [0.4, 0.5) is 0 Å². The highest BCUT2D eigenvalue weighted by atomic mass is 16.5. The SMILES string of the molecule is Cc1cccc(C(C)(C)C)c1OCCC=O. The molecule has 0 saturated carbocycles. The van der Waals surface area contributed by atoms with Crippen molar-refractivity contribution in [2.45, 2.75) is 39.5 Å². The Bertz CT molecular complexity index is 361. The summed E-state index contributed by atoms with van der Waals surface area (Å²) in [6.07, 6.45) is 1.33. The Morgan fingerprint density at radius 1 is 1.31 bits per heavy atom. The highest BCUT2D eigenvalue weighted by molar-refractivity contribution is 5.50. The lowest BCUT2D eigenvalue weighted by Crippen LogP contribution is -2.14. The fourth-order valence-corrected chi connectivity index (χ4v) is 1.64. The third kappa shape index (κ3) is 3.09. The van der Waals surface area contributed by atoms with Gasteiger partial charge in [0.2, 0.25) is 0 Å². The fourth-order valence-electron chi connectivity index (χ4n) is 1.64. The Hall–Kier alpha value is -1.31. The summed E-state index contributed by atoms with van der Waals surface area (Å²) in [6.45, 7) is 8.97. The zero-order chi connectivity index (χ0) is 12.2. The summed E-state index contributed by atoms with van der Waals surface area (Å²) in [4.78, 5) is 10.3. The molecule has 0 unspecified atom stereocenters. The van der Waals surface area contributed by atoms with E-state index in [1.807, 2.05) is 19.1 Å². The molecule has 0 aliphatic carbocycles. The molecule has 0 bridgehead atoms. The van der Waals surface area contributed by atoms with E-state index in [1.165, 1.54) is 5.56 Å². The van der Waals surface area contributed by atoms with Crippen LogP contribution >= 0.6 is 0 Å². The van der Waals surface area contributed by atoms with E-state index in [0.717, 1.165) is 17.6 Å². The van der Waals surface area contributed by atoms with Crippen molar-refractivity contribution in [1.29, 1.82) is 0 Å². The van der Waals surface area contributed by atoms with E-state index in [0.29, 0.717) is 13.0 Å². The van der Waals surface area contributed by atoms with Gasteiger partial charge >= 0.3 is 0 Å². The Morgan fingerprint density at radius 3 is 2.56 bits per heavy atom. The van der Waals surface area contributed by atoms with Gasteiger partial charge in [-0.25, -0.2) is 0 Å². The van der Waals surface area contributed by atoms with Gasteiger partial charge in [-0.3, -0.25) is 0 Å². The summed E-state index contributed by atoms with van der Waals surface area (Å²) in [5.41, 5.74) is 2.37. The molecule has 0 amide bonds. The molecule has 2 heteroatoms. The van der Waals surface area contributed by atoms with Crippen LogP contribution in [0.3, 0.4) is 0 Å². The molecule has 0 radical (unpaired) electrons. The van der Waals surface area contributed by atoms with Gasteiger partial charge < -0.3 is 9.53 Å². The first-order valence-electron chi connectivity index (χ1n) is 5.63. The highest BCUT2D eigenvalue weighted by Gasteiger charge is 2.19. The molecule has 0 saturated heterocycles. The van der Waals surface area contributed by atoms with Crippen LogP contribution in [0.2, 0.25) is 0 Å². The molecular formula is C14H20O2. The molecule has 88 valence electrons. The Kier molecular flexibility index (Phi) is 4.11. The van der Waals surface area contributed by atoms with Gasteiger partial charge in [-0.1, -0.05) is 39.0 Å². The van der Waals surface area contributed by atoms with Crippen molar-refractivity contribution in [2.24, 2.45) is 0 Å². The van der Waals surface area contributed by atoms with Gasteiger partial charge in [0.15, 0.2) is 0 Å². The van der Waals surface area contributed by atoms with Crippen molar-refractivity contribution in [2.75, 3.05) is 6.61 Å². The first-order valence-corrected chi connectivity index (χ1v) is 5.63. The van der Waals surface area contributed by atoms with Crippen molar-refractivity contribution in [3.05, 3.63) is 29.3 Å². The lowest BCUT2D eigenvalue weighted by Gasteiger charge is -2.24. The zero-order valence-corrected chi connectivity index (χ0v) is 10.5. The largest absolute Gasteiger partial charge is 0.493 e. The van der Waals surface area contributed by atoms with Crippen molar-refractivity contribution < 1.29 is 9.53 Å². The first kappa shape index (κ1) is 12.8. The number of rotatable bonds is 4. The van der Waals surface area contributed by atoms with Crippen LogP contribution in [-0.4, -0.2) is 12.9 Å². The van der Waals surface area contributed by atoms with E-state index < -0.39 is 0 Å². The lowest BCUT2D eigenvalue weighted by atomic mass is 9.85. The number of aldehydes is 1. The normalized spacial score (nSPS) is 11.2. The molecular weight excluding hydrogens is 200 g/mol. The Morgan fingerprint density at radius 2 is 2.00 bits per heavy atom. The summed E-state index contributed by atoms with van der Waals surface area (Å²) in [7, 11) is 0. The molecule has 1 aromatic rings. The molecule has 0 atom stereocenters. The topological polar surface area (TPSA) is 26.3 Å². The molecule has 0 aliphatic heterocycles. The van der Waals surface area contributed by atoms with Crippen LogP contribution in [0.15, 0.2) is 18.2 Å². The number of carbonyl (C=O) groups excluding carboxylic acids is 1. The summed E-state index contributed by atoms with van der Waals surface area (Å²) in [6, 6.07) is 6.16. The molecule has 1 aromatic carbocycles. The maximum atomic E-state index is 10.3. The van der Waals surface area contributed by atoms with E-state index in [9.17, 15) is 4.79 Å². The molecule has 0 aliphatic rings. The molecule has 0 aromatic heterocycles. The van der Waals surface area contributed by atoms with E-state index >= 15 is 0 Å². The monoisotopic (exact) mass is 220 g/mol. The van der Waals surface area contributed by atoms with Gasteiger partial charge in [0.1, 0.15) is 12.0 Å². The molecule has 16 heavy (non-hydrogen) atoms. The van der Waals surface area contributed by atoms with E-state index in [2.05, 4.69) is 26.8 Å². The molecule has 2 nitrogen and oxygen atoms in total. The average molecular weight is 220 g/mol. The van der Waals surface area contributed by atoms with Crippen LogP contribution < -0.4 is 4.74 Å². The van der Waals surface area contributed by atoms with E-state index in [4.69, 9.17) is 4.74 Å². The molecule has 1 rings (SSSR count). The van der Waals surface area contributed by atoms with Crippen LogP contribution in [0.1, 0.15) is 38.3 Å². The van der Waals surface area contributed by atoms with E-state index in [-0.39, 0.29) is 5.41 Å². The second-order valence-electron chi connectivity index (χ2n) is 5.01. The predicted octanol–water partition coefficient (Wildman–Crippen LogP) is 3.26. The average Bonchev–Trinajstić information content (AvgIpc) is 2.19. The van der Waals surface area contributed by atoms with Gasteiger partial charge in [-0.15, -0.1) is 0 Å².